The molecule has 0 saturated carbocycles. The maximum atomic E-state index is 13.8. The molecule has 6 nitrogen and oxygen atoms in total. The number of aliphatic imine (C=N–C) groups is 1. The van der Waals surface area contributed by atoms with Crippen molar-refractivity contribution in [1.82, 2.24) is 10.2 Å². The highest BCUT2D eigenvalue weighted by molar-refractivity contribution is 6.31. The van der Waals surface area contributed by atoms with E-state index in [0.29, 0.717) is 10.7 Å². The van der Waals surface area contributed by atoms with Crippen molar-refractivity contribution in [3.05, 3.63) is 99.8 Å². The Morgan fingerprint density at radius 1 is 0.882 bits per heavy atom. The molecule has 11 heteroatoms. The summed E-state index contributed by atoms with van der Waals surface area (Å²) in [5.41, 5.74) is 1.36. The third-order valence-electron chi connectivity index (χ3n) is 4.47. The number of aromatic amines is 1. The molecule has 4 aromatic rings. The Balaban J connectivity index is 1.65. The number of nitrogens with zero attached hydrogens (tertiary/aromatic N) is 2. The van der Waals surface area contributed by atoms with Gasteiger partial charge in [-0.25, -0.2) is 13.2 Å². The second-order valence-electron chi connectivity index (χ2n) is 6.98. The molecule has 0 spiro atoms. The monoisotopic (exact) mass is 503 g/mol. The summed E-state index contributed by atoms with van der Waals surface area (Å²) in [6.07, 6.45) is 0. The molecule has 0 aliphatic carbocycles. The molecule has 1 heterocycles. The summed E-state index contributed by atoms with van der Waals surface area (Å²) in [6.45, 7) is 0. The number of halogens is 5. The Morgan fingerprint density at radius 2 is 1.71 bits per heavy atom. The smallest absolute Gasteiger partial charge is 0.280 e. The highest BCUT2D eigenvalue weighted by Crippen LogP contribution is 2.23. The standard InChI is InChI=1S/C23H14Cl2F3N5O/c24-14-3-1-2-12(6-14)20-11-21(33-32-20)30-23(29-17-9-15(25)8-16(26)10-17)31-22(34)13-4-5-18(27)19(28)7-13/h1-11H,(H3,29,30,31,32,33,34). The highest BCUT2D eigenvalue weighted by Gasteiger charge is 2.13. The average Bonchev–Trinajstić information content (AvgIpc) is 3.23. The number of carbonyl (C=O) groups is 1. The average molecular weight is 504 g/mol. The van der Waals surface area contributed by atoms with Gasteiger partial charge >= 0.3 is 0 Å². The molecule has 34 heavy (non-hydrogen) atoms. The van der Waals surface area contributed by atoms with Crippen LogP contribution in [0.25, 0.3) is 11.3 Å². The van der Waals surface area contributed by atoms with Crippen LogP contribution in [0.15, 0.2) is 71.7 Å². The van der Waals surface area contributed by atoms with E-state index < -0.39 is 23.4 Å². The fourth-order valence-electron chi connectivity index (χ4n) is 2.96. The van der Waals surface area contributed by atoms with Crippen molar-refractivity contribution < 1.29 is 18.0 Å². The zero-order valence-electron chi connectivity index (χ0n) is 17.0. The molecule has 0 unspecified atom stereocenters. The van der Waals surface area contributed by atoms with Crippen molar-refractivity contribution in [2.75, 3.05) is 10.6 Å². The Hall–Kier alpha value is -3.82. The molecule has 1 amide bonds. The zero-order chi connectivity index (χ0) is 24.2. The largest absolute Gasteiger partial charge is 0.325 e. The van der Waals surface area contributed by atoms with E-state index in [9.17, 15) is 18.0 Å². The normalized spacial score (nSPS) is 11.4. The lowest BCUT2D eigenvalue weighted by Crippen LogP contribution is -2.24. The van der Waals surface area contributed by atoms with Gasteiger partial charge in [-0.15, -0.1) is 0 Å². The van der Waals surface area contributed by atoms with Gasteiger partial charge in [0.2, 0.25) is 5.96 Å². The van der Waals surface area contributed by atoms with Crippen LogP contribution in [-0.4, -0.2) is 22.1 Å². The van der Waals surface area contributed by atoms with E-state index in [1.54, 1.807) is 24.3 Å². The van der Waals surface area contributed by atoms with E-state index in [0.717, 1.165) is 35.9 Å². The maximum Gasteiger partial charge on any atom is 0.280 e. The lowest BCUT2D eigenvalue weighted by Gasteiger charge is -2.11. The van der Waals surface area contributed by atoms with Gasteiger partial charge in [-0.1, -0.05) is 35.3 Å². The van der Waals surface area contributed by atoms with Gasteiger partial charge in [0, 0.05) is 32.9 Å². The predicted molar refractivity (Wildman–Crippen MR) is 126 cm³/mol. The summed E-state index contributed by atoms with van der Waals surface area (Å²) in [5, 5.41) is 13.1. The maximum absolute atomic E-state index is 13.8. The van der Waals surface area contributed by atoms with Crippen molar-refractivity contribution in [2.45, 2.75) is 0 Å². The molecular weight excluding hydrogens is 490 g/mol. The van der Waals surface area contributed by atoms with Crippen LogP contribution in [0.3, 0.4) is 0 Å². The van der Waals surface area contributed by atoms with Gasteiger partial charge in [0.1, 0.15) is 5.82 Å². The fourth-order valence-corrected chi connectivity index (χ4v) is 3.37. The summed E-state index contributed by atoms with van der Waals surface area (Å²) in [7, 11) is 0. The quantitative estimate of drug-likeness (QED) is 0.218. The lowest BCUT2D eigenvalue weighted by molar-refractivity contribution is 0.100. The number of amides is 1. The van der Waals surface area contributed by atoms with Gasteiger partial charge < -0.3 is 10.6 Å². The van der Waals surface area contributed by atoms with Crippen LogP contribution in [0.2, 0.25) is 10.0 Å². The van der Waals surface area contributed by atoms with Crippen LogP contribution in [0, 0.1) is 17.5 Å². The number of hydrogen-bond acceptors (Lipinski definition) is 2. The number of carbonyl (C=O) groups excluding carboxylic acids is 1. The summed E-state index contributed by atoms with van der Waals surface area (Å²) >= 11 is 11.9. The minimum absolute atomic E-state index is 0.108. The van der Waals surface area contributed by atoms with E-state index in [-0.39, 0.29) is 28.1 Å². The molecular formula is C23H14Cl2F3N5O. The Labute approximate surface area is 201 Å². The third kappa shape index (κ3) is 5.75. The van der Waals surface area contributed by atoms with Crippen LogP contribution in [0.4, 0.5) is 24.7 Å². The van der Waals surface area contributed by atoms with E-state index in [1.165, 1.54) is 6.07 Å². The second kappa shape index (κ2) is 9.98. The number of rotatable bonds is 4. The summed E-state index contributed by atoms with van der Waals surface area (Å²) in [6, 6.07) is 15.0. The van der Waals surface area contributed by atoms with Gasteiger partial charge in [0.25, 0.3) is 5.91 Å². The van der Waals surface area contributed by atoms with Crippen LogP contribution < -0.4 is 10.6 Å². The first kappa shape index (κ1) is 23.3. The Kier molecular flexibility index (Phi) is 6.85. The van der Waals surface area contributed by atoms with Crippen molar-refractivity contribution >= 4 is 46.6 Å². The van der Waals surface area contributed by atoms with Gasteiger partial charge in [0.05, 0.1) is 5.69 Å². The lowest BCUT2D eigenvalue weighted by atomic mass is 10.1. The van der Waals surface area contributed by atoms with E-state index in [1.807, 2.05) is 6.07 Å². The number of aromatic nitrogens is 2. The van der Waals surface area contributed by atoms with Crippen LogP contribution in [-0.2, 0) is 0 Å². The summed E-state index contributed by atoms with van der Waals surface area (Å²) in [4.78, 5) is 16.5. The molecule has 172 valence electrons. The molecule has 3 aromatic carbocycles. The number of guanidine groups is 1. The van der Waals surface area contributed by atoms with E-state index >= 15 is 0 Å². The topological polar surface area (TPSA) is 82.2 Å². The van der Waals surface area contributed by atoms with Crippen molar-refractivity contribution in [3.8, 4) is 11.3 Å². The summed E-state index contributed by atoms with van der Waals surface area (Å²) < 4.78 is 40.6. The first-order chi connectivity index (χ1) is 16.3. The SMILES string of the molecule is O=C(/N=C(/Nc1cc(F)cc(Cl)c1)Nc1cc(-c2cccc(Cl)c2)[nH]n1)c1ccc(F)c(F)c1. The van der Waals surface area contributed by atoms with Crippen molar-refractivity contribution in [1.29, 1.82) is 0 Å². The molecule has 0 aliphatic rings. The van der Waals surface area contributed by atoms with E-state index in [4.69, 9.17) is 23.2 Å². The molecule has 0 fully saturated rings. The van der Waals surface area contributed by atoms with Gasteiger partial charge in [-0.3, -0.25) is 9.89 Å². The first-order valence-electron chi connectivity index (χ1n) is 9.66. The van der Waals surface area contributed by atoms with Crippen LogP contribution in [0.1, 0.15) is 10.4 Å². The molecule has 1 aromatic heterocycles. The summed E-state index contributed by atoms with van der Waals surface area (Å²) in [5.74, 6) is -3.72. The van der Waals surface area contributed by atoms with Crippen LogP contribution >= 0.6 is 23.2 Å². The van der Waals surface area contributed by atoms with Crippen molar-refractivity contribution in [3.63, 3.8) is 0 Å². The van der Waals surface area contributed by atoms with Crippen molar-refractivity contribution in [2.24, 2.45) is 4.99 Å². The number of H-pyrrole nitrogens is 1. The number of benzene rings is 3. The number of anilines is 2. The number of hydrogen-bond donors (Lipinski definition) is 3. The molecule has 0 atom stereocenters. The Morgan fingerprint density at radius 3 is 2.44 bits per heavy atom. The third-order valence-corrected chi connectivity index (χ3v) is 4.92. The molecule has 4 rings (SSSR count). The van der Waals surface area contributed by atoms with Gasteiger partial charge in [0.15, 0.2) is 17.5 Å². The molecule has 0 bridgehead atoms. The second-order valence-corrected chi connectivity index (χ2v) is 7.85. The molecule has 0 radical (unpaired) electrons. The zero-order valence-corrected chi connectivity index (χ0v) is 18.6. The molecule has 0 aliphatic heterocycles. The highest BCUT2D eigenvalue weighted by atomic mass is 35.5. The van der Waals surface area contributed by atoms with Crippen LogP contribution in [0.5, 0.6) is 0 Å². The van der Waals surface area contributed by atoms with Gasteiger partial charge in [-0.05, 0) is 48.5 Å². The van der Waals surface area contributed by atoms with Gasteiger partial charge in [-0.2, -0.15) is 10.1 Å². The Bertz CT molecular complexity index is 1390. The first-order valence-corrected chi connectivity index (χ1v) is 10.4. The fraction of sp³-hybridized carbons (Fsp3) is 0. The minimum Gasteiger partial charge on any atom is -0.325 e. The predicted octanol–water partition coefficient (Wildman–Crippen LogP) is 6.52. The number of nitrogens with one attached hydrogen (secondary N) is 3. The molecule has 3 N–H and O–H groups in total. The minimum atomic E-state index is -1.20. The molecule has 0 saturated heterocycles. The van der Waals surface area contributed by atoms with E-state index in [2.05, 4.69) is 25.8 Å².